The number of benzene rings is 1. The first-order valence-electron chi connectivity index (χ1n) is 7.34. The van der Waals surface area contributed by atoms with Crippen molar-refractivity contribution in [1.82, 2.24) is 9.62 Å². The van der Waals surface area contributed by atoms with E-state index in [-0.39, 0.29) is 6.04 Å². The zero-order valence-corrected chi connectivity index (χ0v) is 13.1. The third-order valence-electron chi connectivity index (χ3n) is 3.96. The second kappa shape index (κ2) is 6.70. The average Bonchev–Trinajstić information content (AvgIpc) is 2.37. The first kappa shape index (κ1) is 15.5. The number of sulfonamides is 1. The van der Waals surface area contributed by atoms with Gasteiger partial charge in [-0.3, -0.25) is 0 Å². The molecule has 1 saturated carbocycles. The lowest BCUT2D eigenvalue weighted by Crippen LogP contribution is -2.41. The molecule has 0 aliphatic heterocycles. The van der Waals surface area contributed by atoms with Gasteiger partial charge in [0.25, 0.3) is 0 Å². The second-order valence-corrected chi connectivity index (χ2v) is 7.36. The van der Waals surface area contributed by atoms with Crippen molar-refractivity contribution in [3.05, 3.63) is 29.8 Å². The summed E-state index contributed by atoms with van der Waals surface area (Å²) in [6, 6.07) is 7.48. The van der Waals surface area contributed by atoms with Gasteiger partial charge in [-0.2, -0.15) is 4.31 Å². The Labute approximate surface area is 122 Å². The van der Waals surface area contributed by atoms with Gasteiger partial charge >= 0.3 is 0 Å². The molecule has 0 saturated heterocycles. The predicted molar refractivity (Wildman–Crippen MR) is 81.0 cm³/mol. The van der Waals surface area contributed by atoms with Crippen LogP contribution in [0.25, 0.3) is 0 Å². The summed E-state index contributed by atoms with van der Waals surface area (Å²) in [6.45, 7) is 3.59. The van der Waals surface area contributed by atoms with Gasteiger partial charge in [-0.25, -0.2) is 8.42 Å². The van der Waals surface area contributed by atoms with Crippen LogP contribution >= 0.6 is 0 Å². The zero-order chi connectivity index (χ0) is 14.6. The maximum Gasteiger partial charge on any atom is 0.243 e. The fraction of sp³-hybridized carbons (Fsp3) is 0.600. The molecule has 0 atom stereocenters. The molecule has 2 rings (SSSR count). The lowest BCUT2D eigenvalue weighted by atomic mass is 9.94. The Morgan fingerprint density at radius 2 is 2.00 bits per heavy atom. The summed E-state index contributed by atoms with van der Waals surface area (Å²) in [5, 5.41) is 3.28. The van der Waals surface area contributed by atoms with E-state index in [1.54, 1.807) is 23.5 Å². The molecule has 1 aromatic rings. The van der Waals surface area contributed by atoms with Crippen LogP contribution in [0.1, 0.15) is 38.2 Å². The highest BCUT2D eigenvalue weighted by molar-refractivity contribution is 7.89. The van der Waals surface area contributed by atoms with Crippen LogP contribution in [0, 0.1) is 0 Å². The minimum absolute atomic E-state index is 0.177. The smallest absolute Gasteiger partial charge is 0.243 e. The molecule has 0 heterocycles. The van der Waals surface area contributed by atoms with Gasteiger partial charge in [0.1, 0.15) is 0 Å². The van der Waals surface area contributed by atoms with Gasteiger partial charge in [0.05, 0.1) is 4.90 Å². The molecule has 1 aliphatic carbocycles. The van der Waals surface area contributed by atoms with Gasteiger partial charge < -0.3 is 5.32 Å². The molecule has 20 heavy (non-hydrogen) atoms. The number of rotatable bonds is 7. The molecule has 4 nitrogen and oxygen atoms in total. The van der Waals surface area contributed by atoms with Crippen molar-refractivity contribution >= 4 is 10.0 Å². The van der Waals surface area contributed by atoms with Crippen LogP contribution in [0.15, 0.2) is 29.2 Å². The Bertz CT molecular complexity index is 539. The topological polar surface area (TPSA) is 49.4 Å². The molecule has 0 amide bonds. The minimum atomic E-state index is -3.37. The van der Waals surface area contributed by atoms with Crippen molar-refractivity contribution in [2.45, 2.75) is 50.1 Å². The maximum atomic E-state index is 12.7. The highest BCUT2D eigenvalue weighted by Crippen LogP contribution is 2.29. The lowest BCUT2D eigenvalue weighted by molar-refractivity contribution is 0.249. The van der Waals surface area contributed by atoms with Crippen LogP contribution in [-0.2, 0) is 16.6 Å². The van der Waals surface area contributed by atoms with Crippen molar-refractivity contribution in [2.24, 2.45) is 0 Å². The van der Waals surface area contributed by atoms with Crippen LogP contribution in [-0.4, -0.2) is 32.4 Å². The Kier molecular flexibility index (Phi) is 5.18. The Hall–Kier alpha value is -0.910. The molecule has 0 radical (unpaired) electrons. The number of hydrogen-bond donors (Lipinski definition) is 1. The third-order valence-corrected chi connectivity index (χ3v) is 5.97. The quantitative estimate of drug-likeness (QED) is 0.786. The average molecular weight is 296 g/mol. The van der Waals surface area contributed by atoms with Gasteiger partial charge in [-0.15, -0.1) is 0 Å². The Balaban J connectivity index is 2.21. The van der Waals surface area contributed by atoms with E-state index in [9.17, 15) is 8.42 Å². The largest absolute Gasteiger partial charge is 0.313 e. The van der Waals surface area contributed by atoms with Crippen molar-refractivity contribution in [3.63, 3.8) is 0 Å². The highest BCUT2D eigenvalue weighted by atomic mass is 32.2. The molecular weight excluding hydrogens is 272 g/mol. The summed E-state index contributed by atoms with van der Waals surface area (Å²) in [6.07, 6.45) is 4.12. The summed E-state index contributed by atoms with van der Waals surface area (Å²) in [5.74, 6) is 0. The maximum absolute atomic E-state index is 12.7. The van der Waals surface area contributed by atoms with E-state index < -0.39 is 10.0 Å². The van der Waals surface area contributed by atoms with Crippen LogP contribution in [0.3, 0.4) is 0 Å². The van der Waals surface area contributed by atoms with E-state index in [2.05, 4.69) is 12.2 Å². The second-order valence-electron chi connectivity index (χ2n) is 5.39. The van der Waals surface area contributed by atoms with Gasteiger partial charge in [0.15, 0.2) is 0 Å². The van der Waals surface area contributed by atoms with Crippen LogP contribution < -0.4 is 5.32 Å². The molecule has 0 aromatic heterocycles. The van der Waals surface area contributed by atoms with Crippen molar-refractivity contribution in [1.29, 1.82) is 0 Å². The van der Waals surface area contributed by atoms with Crippen molar-refractivity contribution in [2.75, 3.05) is 13.6 Å². The number of hydrogen-bond acceptors (Lipinski definition) is 3. The van der Waals surface area contributed by atoms with Crippen LogP contribution in [0.5, 0.6) is 0 Å². The zero-order valence-electron chi connectivity index (χ0n) is 12.3. The highest BCUT2D eigenvalue weighted by Gasteiger charge is 2.32. The van der Waals surface area contributed by atoms with E-state index in [1.807, 2.05) is 12.1 Å². The summed E-state index contributed by atoms with van der Waals surface area (Å²) < 4.78 is 27.0. The van der Waals surface area contributed by atoms with E-state index in [1.165, 1.54) is 0 Å². The molecule has 5 heteroatoms. The normalized spacial score (nSPS) is 16.4. The summed E-state index contributed by atoms with van der Waals surface area (Å²) in [4.78, 5) is 0.443. The molecule has 0 spiro atoms. The van der Waals surface area contributed by atoms with E-state index in [0.29, 0.717) is 11.4 Å². The lowest BCUT2D eigenvalue weighted by Gasteiger charge is -2.34. The van der Waals surface area contributed by atoms with E-state index >= 15 is 0 Å². The SMILES string of the molecule is CCCNCc1ccccc1S(=O)(=O)N(C)C1CCC1. The molecule has 1 aromatic carbocycles. The van der Waals surface area contributed by atoms with Crippen LogP contribution in [0.4, 0.5) is 0 Å². The fourth-order valence-electron chi connectivity index (χ4n) is 2.40. The molecule has 0 unspecified atom stereocenters. The molecule has 112 valence electrons. The summed E-state index contributed by atoms with van der Waals surface area (Å²) in [7, 11) is -1.67. The van der Waals surface area contributed by atoms with Crippen molar-refractivity contribution < 1.29 is 8.42 Å². The summed E-state index contributed by atoms with van der Waals surface area (Å²) >= 11 is 0. The number of nitrogens with one attached hydrogen (secondary N) is 1. The van der Waals surface area contributed by atoms with E-state index in [4.69, 9.17) is 0 Å². The first-order valence-corrected chi connectivity index (χ1v) is 8.78. The number of nitrogens with zero attached hydrogens (tertiary/aromatic N) is 1. The molecule has 0 bridgehead atoms. The van der Waals surface area contributed by atoms with Crippen LogP contribution in [0.2, 0.25) is 0 Å². The Morgan fingerprint density at radius 1 is 1.30 bits per heavy atom. The molecule has 1 aliphatic rings. The van der Waals surface area contributed by atoms with Gasteiger partial charge in [0, 0.05) is 19.6 Å². The summed E-state index contributed by atoms with van der Waals surface area (Å²) in [5.41, 5.74) is 0.854. The molecular formula is C15H24N2O2S. The van der Waals surface area contributed by atoms with Crippen molar-refractivity contribution in [3.8, 4) is 0 Å². The predicted octanol–water partition coefficient (Wildman–Crippen LogP) is 2.36. The monoisotopic (exact) mass is 296 g/mol. The van der Waals surface area contributed by atoms with E-state index in [0.717, 1.165) is 37.8 Å². The van der Waals surface area contributed by atoms with Gasteiger partial charge in [0.2, 0.25) is 10.0 Å². The molecule has 1 N–H and O–H groups in total. The van der Waals surface area contributed by atoms with Gasteiger partial charge in [-0.1, -0.05) is 31.5 Å². The molecule has 1 fully saturated rings. The van der Waals surface area contributed by atoms with Gasteiger partial charge in [-0.05, 0) is 37.4 Å². The standard InChI is InChI=1S/C15H24N2O2S/c1-3-11-16-12-13-7-4-5-10-15(13)20(18,19)17(2)14-8-6-9-14/h4-5,7,10,14,16H,3,6,8-9,11-12H2,1-2H3. The fourth-order valence-corrected chi connectivity index (χ4v) is 4.04. The first-order chi connectivity index (χ1) is 9.57. The Morgan fingerprint density at radius 3 is 2.60 bits per heavy atom. The minimum Gasteiger partial charge on any atom is -0.313 e. The third kappa shape index (κ3) is 3.22.